The first-order valence-corrected chi connectivity index (χ1v) is 9.31. The van der Waals surface area contributed by atoms with Gasteiger partial charge < -0.3 is 4.74 Å². The van der Waals surface area contributed by atoms with E-state index in [0.717, 1.165) is 11.1 Å². The van der Waals surface area contributed by atoms with Crippen LogP contribution in [0.5, 0.6) is 0 Å². The number of anilines is 2. The van der Waals surface area contributed by atoms with E-state index >= 15 is 0 Å². The number of rotatable bonds is 3. The number of fused-ring (bicyclic) bond motifs is 1. The van der Waals surface area contributed by atoms with Gasteiger partial charge in [0.05, 0.1) is 5.69 Å². The summed E-state index contributed by atoms with van der Waals surface area (Å²) in [7, 11) is 1.77. The third kappa shape index (κ3) is 3.75. The van der Waals surface area contributed by atoms with Gasteiger partial charge >= 0.3 is 6.09 Å². The summed E-state index contributed by atoms with van der Waals surface area (Å²) in [4.78, 5) is 30.6. The predicted octanol–water partition coefficient (Wildman–Crippen LogP) is 3.28. The summed E-state index contributed by atoms with van der Waals surface area (Å²) < 4.78 is 8.84. The van der Waals surface area contributed by atoms with Crippen LogP contribution in [0.2, 0.25) is 0 Å². The average molecular weight is 394 g/mol. The van der Waals surface area contributed by atoms with Gasteiger partial charge in [-0.25, -0.2) is 19.2 Å². The van der Waals surface area contributed by atoms with E-state index in [4.69, 9.17) is 4.74 Å². The molecule has 0 unspecified atom stereocenters. The molecule has 1 aliphatic carbocycles. The van der Waals surface area contributed by atoms with Crippen LogP contribution in [0.15, 0.2) is 36.9 Å². The van der Waals surface area contributed by atoms with E-state index in [0.29, 0.717) is 30.0 Å². The molecule has 0 aliphatic heterocycles. The molecule has 9 nitrogen and oxygen atoms in total. The van der Waals surface area contributed by atoms with Crippen LogP contribution in [-0.4, -0.2) is 41.9 Å². The summed E-state index contributed by atoms with van der Waals surface area (Å²) in [5, 5.41) is 8.62. The molecule has 29 heavy (non-hydrogen) atoms. The first-order chi connectivity index (χ1) is 13.7. The summed E-state index contributed by atoms with van der Waals surface area (Å²) in [6.45, 7) is 5.42. The van der Waals surface area contributed by atoms with Gasteiger partial charge in [-0.05, 0) is 50.5 Å². The Kier molecular flexibility index (Phi) is 4.45. The minimum Gasteiger partial charge on any atom is -0.443 e. The van der Waals surface area contributed by atoms with Gasteiger partial charge in [0.1, 0.15) is 11.9 Å². The Morgan fingerprint density at radius 3 is 2.69 bits per heavy atom. The van der Waals surface area contributed by atoms with Crippen molar-refractivity contribution in [2.24, 2.45) is 7.05 Å². The summed E-state index contributed by atoms with van der Waals surface area (Å²) in [5.74, 6) is 0.495. The van der Waals surface area contributed by atoms with Crippen molar-refractivity contribution in [3.8, 4) is 0 Å². The second kappa shape index (κ2) is 6.84. The molecule has 0 atom stereocenters. The highest BCUT2D eigenvalue weighted by molar-refractivity contribution is 6.03. The van der Waals surface area contributed by atoms with Gasteiger partial charge in [0.2, 0.25) is 0 Å². The molecule has 9 heteroatoms. The Labute approximate surface area is 167 Å². The van der Waals surface area contributed by atoms with Crippen LogP contribution in [0.4, 0.5) is 16.3 Å². The Morgan fingerprint density at radius 2 is 2.07 bits per heavy atom. The molecule has 150 valence electrons. The fourth-order valence-corrected chi connectivity index (χ4v) is 3.22. The molecule has 0 spiro atoms. The van der Waals surface area contributed by atoms with Gasteiger partial charge in [0.15, 0.2) is 17.2 Å². The molecule has 0 saturated heterocycles. The maximum atomic E-state index is 13.1. The van der Waals surface area contributed by atoms with Crippen LogP contribution < -0.4 is 4.90 Å². The molecule has 1 amide bonds. The topological polar surface area (TPSA) is 94.6 Å². The van der Waals surface area contributed by atoms with Crippen molar-refractivity contribution in [3.63, 3.8) is 0 Å². The van der Waals surface area contributed by atoms with E-state index in [1.54, 1.807) is 55.4 Å². The van der Waals surface area contributed by atoms with Crippen molar-refractivity contribution in [1.29, 1.82) is 0 Å². The molecule has 3 aromatic rings. The van der Waals surface area contributed by atoms with Crippen molar-refractivity contribution in [1.82, 2.24) is 24.4 Å². The lowest BCUT2D eigenvalue weighted by Gasteiger charge is -2.26. The van der Waals surface area contributed by atoms with Crippen molar-refractivity contribution in [2.45, 2.75) is 39.2 Å². The number of hydrogen-bond donors (Lipinski definition) is 0. The largest absolute Gasteiger partial charge is 0.443 e. The van der Waals surface area contributed by atoms with Gasteiger partial charge in [-0.2, -0.15) is 10.2 Å². The molecular weight excluding hydrogens is 372 g/mol. The number of carbonyl (C=O) groups is 2. The van der Waals surface area contributed by atoms with Crippen LogP contribution in [-0.2, 0) is 16.6 Å². The number of aryl methyl sites for hydroxylation is 1. The quantitative estimate of drug-likeness (QED) is 0.677. The minimum absolute atomic E-state index is 0.0916. The minimum atomic E-state index is -0.688. The highest BCUT2D eigenvalue weighted by Gasteiger charge is 2.29. The fraction of sp³-hybridized carbons (Fsp3) is 0.350. The maximum absolute atomic E-state index is 13.1. The number of carbonyl (C=O) groups excluding carboxylic acids is 2. The van der Waals surface area contributed by atoms with E-state index in [1.807, 2.05) is 12.3 Å². The van der Waals surface area contributed by atoms with E-state index < -0.39 is 11.7 Å². The summed E-state index contributed by atoms with van der Waals surface area (Å²) >= 11 is 0. The molecule has 1 aliphatic rings. The number of nitrogens with zero attached hydrogens (tertiary/aromatic N) is 6. The van der Waals surface area contributed by atoms with Crippen LogP contribution in [0.25, 0.3) is 11.2 Å². The highest BCUT2D eigenvalue weighted by Crippen LogP contribution is 2.34. The van der Waals surface area contributed by atoms with Crippen molar-refractivity contribution in [2.75, 3.05) is 4.90 Å². The summed E-state index contributed by atoms with van der Waals surface area (Å²) in [6.07, 6.45) is 7.17. The Bertz CT molecular complexity index is 1130. The lowest BCUT2D eigenvalue weighted by molar-refractivity contribution is -0.114. The number of ketones is 1. The fourth-order valence-electron chi connectivity index (χ4n) is 3.22. The number of ether oxygens (including phenoxy) is 1. The zero-order valence-corrected chi connectivity index (χ0v) is 16.8. The molecule has 0 aromatic carbocycles. The van der Waals surface area contributed by atoms with Gasteiger partial charge in [0.25, 0.3) is 0 Å². The van der Waals surface area contributed by atoms with Crippen molar-refractivity contribution in [3.05, 3.63) is 42.5 Å². The average Bonchev–Trinajstić information content (AvgIpc) is 3.34. The van der Waals surface area contributed by atoms with Crippen LogP contribution in [0.3, 0.4) is 0 Å². The molecule has 0 bridgehead atoms. The van der Waals surface area contributed by atoms with Gasteiger partial charge in [-0.1, -0.05) is 0 Å². The second-order valence-electron chi connectivity index (χ2n) is 7.94. The first kappa shape index (κ1) is 18.9. The molecule has 3 aromatic heterocycles. The molecular formula is C20H22N6O3. The number of amides is 1. The highest BCUT2D eigenvalue weighted by atomic mass is 16.6. The lowest BCUT2D eigenvalue weighted by atomic mass is 10.1. The number of hydrogen-bond acceptors (Lipinski definition) is 6. The van der Waals surface area contributed by atoms with Gasteiger partial charge in [0, 0.05) is 31.9 Å². The smallest absolute Gasteiger partial charge is 0.420 e. The molecule has 0 saturated carbocycles. The van der Waals surface area contributed by atoms with Crippen molar-refractivity contribution >= 4 is 34.6 Å². The Balaban J connectivity index is 1.89. The van der Waals surface area contributed by atoms with Gasteiger partial charge in [-0.15, -0.1) is 0 Å². The van der Waals surface area contributed by atoms with Crippen LogP contribution >= 0.6 is 0 Å². The lowest BCUT2D eigenvalue weighted by Crippen LogP contribution is -2.34. The monoisotopic (exact) mass is 394 g/mol. The molecule has 3 heterocycles. The number of allylic oxidation sites excluding steroid dienone is 2. The number of pyridine rings is 1. The molecule has 0 fully saturated rings. The van der Waals surface area contributed by atoms with Crippen LogP contribution in [0, 0.1) is 0 Å². The predicted molar refractivity (Wildman–Crippen MR) is 107 cm³/mol. The van der Waals surface area contributed by atoms with E-state index in [-0.39, 0.29) is 5.78 Å². The summed E-state index contributed by atoms with van der Waals surface area (Å²) in [6, 6.07) is 3.55. The summed E-state index contributed by atoms with van der Waals surface area (Å²) in [5.41, 5.74) is 1.97. The Morgan fingerprint density at radius 1 is 1.28 bits per heavy atom. The standard InChI is InChI=1S/C20H22N6O3/c1-20(2,3)29-19(28)26(17-7-8-24(4)23-17)16-10-14(13-5-6-15(27)9-13)11-25-18(16)21-12-22-25/h7-12H,5-6H2,1-4H3. The van der Waals surface area contributed by atoms with E-state index in [9.17, 15) is 9.59 Å². The zero-order valence-electron chi connectivity index (χ0n) is 16.8. The van der Waals surface area contributed by atoms with E-state index in [2.05, 4.69) is 15.2 Å². The van der Waals surface area contributed by atoms with E-state index in [1.165, 1.54) is 11.2 Å². The Hall–Kier alpha value is -3.49. The third-order valence-corrected chi connectivity index (χ3v) is 4.45. The van der Waals surface area contributed by atoms with Crippen molar-refractivity contribution < 1.29 is 14.3 Å². The first-order valence-electron chi connectivity index (χ1n) is 9.31. The molecule has 0 N–H and O–H groups in total. The third-order valence-electron chi connectivity index (χ3n) is 4.45. The SMILES string of the molecule is Cn1ccc(N(C(=O)OC(C)(C)C)c2cc(C3=CC(=O)CC3)cn3ncnc23)n1. The van der Waals surface area contributed by atoms with Crippen LogP contribution in [0.1, 0.15) is 39.2 Å². The molecule has 0 radical (unpaired) electrons. The number of aromatic nitrogens is 5. The zero-order chi connectivity index (χ0) is 20.8. The van der Waals surface area contributed by atoms with Gasteiger partial charge in [-0.3, -0.25) is 9.48 Å². The maximum Gasteiger partial charge on any atom is 0.420 e. The normalized spacial score (nSPS) is 14.3. The second-order valence-corrected chi connectivity index (χ2v) is 7.94. The molecule has 4 rings (SSSR count).